The van der Waals surface area contributed by atoms with Crippen LogP contribution in [0.1, 0.15) is 12.8 Å². The van der Waals surface area contributed by atoms with Gasteiger partial charge in [-0.15, -0.1) is 0 Å². The fraction of sp³-hybridized carbons (Fsp3) is 0.273. The van der Waals surface area contributed by atoms with E-state index in [0.717, 1.165) is 12.1 Å². The van der Waals surface area contributed by atoms with E-state index in [-0.39, 0.29) is 17.3 Å². The molecule has 1 amide bonds. The van der Waals surface area contributed by atoms with Crippen LogP contribution >= 0.6 is 15.9 Å². The van der Waals surface area contributed by atoms with Crippen LogP contribution in [0, 0.1) is 5.82 Å². The first-order chi connectivity index (χ1) is 9.63. The highest BCUT2D eigenvalue weighted by atomic mass is 79.9. The molecule has 1 rings (SSSR count). The summed E-state index contributed by atoms with van der Waals surface area (Å²) in [6.45, 7) is 0. The van der Waals surface area contributed by atoms with Gasteiger partial charge < -0.3 is 10.8 Å². The molecule has 1 atom stereocenters. The number of amides is 1. The minimum atomic E-state index is -4.24. The van der Waals surface area contributed by atoms with Crippen molar-refractivity contribution >= 4 is 37.8 Å². The topological polar surface area (TPSA) is 127 Å². The molecule has 0 unspecified atom stereocenters. The number of benzene rings is 1. The first kappa shape index (κ1) is 17.5. The van der Waals surface area contributed by atoms with Crippen LogP contribution in [-0.4, -0.2) is 31.4 Å². The Balaban J connectivity index is 2.97. The number of carbonyl (C=O) groups is 2. The molecule has 7 nitrogen and oxygen atoms in total. The van der Waals surface area contributed by atoms with Gasteiger partial charge in [-0.05, 0) is 40.5 Å². The highest BCUT2D eigenvalue weighted by molar-refractivity contribution is 9.10. The number of halogens is 2. The Labute approximate surface area is 128 Å². The summed E-state index contributed by atoms with van der Waals surface area (Å²) in [6.07, 6.45) is -0.600. The summed E-state index contributed by atoms with van der Waals surface area (Å²) in [4.78, 5) is 21.2. The van der Waals surface area contributed by atoms with Crippen molar-refractivity contribution in [1.29, 1.82) is 0 Å². The summed E-state index contributed by atoms with van der Waals surface area (Å²) in [5.41, 5.74) is 4.89. The predicted octanol–water partition coefficient (Wildman–Crippen LogP) is 0.585. The summed E-state index contributed by atoms with van der Waals surface area (Å²) in [7, 11) is -4.24. The van der Waals surface area contributed by atoms with Crippen molar-refractivity contribution in [2.75, 3.05) is 0 Å². The van der Waals surface area contributed by atoms with Gasteiger partial charge in [0, 0.05) is 6.42 Å². The first-order valence-corrected chi connectivity index (χ1v) is 7.89. The molecule has 0 saturated carbocycles. The molecule has 0 heterocycles. The number of nitrogens with two attached hydrogens (primary N) is 1. The quantitative estimate of drug-likeness (QED) is 0.635. The second-order valence-electron chi connectivity index (χ2n) is 4.09. The van der Waals surface area contributed by atoms with Crippen LogP contribution < -0.4 is 10.5 Å². The Kier molecular flexibility index (Phi) is 5.81. The third-order valence-corrected chi connectivity index (χ3v) is 4.59. The lowest BCUT2D eigenvalue weighted by molar-refractivity contribution is -0.139. The van der Waals surface area contributed by atoms with E-state index < -0.39 is 38.7 Å². The van der Waals surface area contributed by atoms with Gasteiger partial charge in [-0.25, -0.2) is 12.8 Å². The maximum Gasteiger partial charge on any atom is 0.321 e. The van der Waals surface area contributed by atoms with E-state index in [9.17, 15) is 22.4 Å². The second-order valence-corrected chi connectivity index (χ2v) is 6.66. The van der Waals surface area contributed by atoms with E-state index in [0.29, 0.717) is 0 Å². The van der Waals surface area contributed by atoms with Gasteiger partial charge in [0.2, 0.25) is 15.9 Å². The number of rotatable bonds is 7. The maximum atomic E-state index is 13.3. The molecule has 1 aromatic rings. The number of carboxylic acids is 1. The smallest absolute Gasteiger partial charge is 0.321 e. The molecular formula is C11H12BrFN2O5S. The van der Waals surface area contributed by atoms with Crippen molar-refractivity contribution in [1.82, 2.24) is 4.72 Å². The Morgan fingerprint density at radius 2 is 2.05 bits per heavy atom. The van der Waals surface area contributed by atoms with E-state index in [1.54, 1.807) is 0 Å². The third kappa shape index (κ3) is 5.06. The van der Waals surface area contributed by atoms with Crippen LogP contribution in [0.5, 0.6) is 0 Å². The number of carbonyl (C=O) groups excluding carboxylic acids is 1. The summed E-state index contributed by atoms with van der Waals surface area (Å²) in [6, 6.07) is 1.51. The van der Waals surface area contributed by atoms with Gasteiger partial charge in [-0.1, -0.05) is 0 Å². The average molecular weight is 383 g/mol. The Morgan fingerprint density at radius 3 is 2.52 bits per heavy atom. The molecule has 1 aromatic carbocycles. The molecule has 10 heteroatoms. The molecule has 0 aromatic heterocycles. The largest absolute Gasteiger partial charge is 0.480 e. The van der Waals surface area contributed by atoms with Gasteiger partial charge in [0.25, 0.3) is 0 Å². The van der Waals surface area contributed by atoms with E-state index in [1.165, 1.54) is 6.07 Å². The zero-order chi connectivity index (χ0) is 16.2. The molecule has 21 heavy (non-hydrogen) atoms. The van der Waals surface area contributed by atoms with Crippen molar-refractivity contribution in [2.24, 2.45) is 5.73 Å². The SMILES string of the molecule is NC(=O)CC[C@H](NS(=O)(=O)c1ccc(Br)c(F)c1)C(=O)O. The summed E-state index contributed by atoms with van der Waals surface area (Å²) in [5.74, 6) is -3.02. The van der Waals surface area contributed by atoms with Gasteiger partial charge in [0.05, 0.1) is 9.37 Å². The summed E-state index contributed by atoms with van der Waals surface area (Å²) < 4.78 is 39.3. The third-order valence-electron chi connectivity index (χ3n) is 2.48. The zero-order valence-corrected chi connectivity index (χ0v) is 12.9. The monoisotopic (exact) mass is 382 g/mol. The lowest BCUT2D eigenvalue weighted by Gasteiger charge is -2.14. The molecule has 0 fully saturated rings. The highest BCUT2D eigenvalue weighted by Gasteiger charge is 2.26. The second kappa shape index (κ2) is 6.96. The minimum Gasteiger partial charge on any atom is -0.480 e. The molecule has 0 bridgehead atoms. The standard InChI is InChI=1S/C11H12BrFN2O5S/c12-7-2-1-6(5-8(7)13)21(19,20)15-9(11(17)18)3-4-10(14)16/h1-2,5,9,15H,3-4H2,(H2,14,16)(H,17,18)/t9-/m0/s1. The van der Waals surface area contributed by atoms with Crippen molar-refractivity contribution in [2.45, 2.75) is 23.8 Å². The Bertz CT molecular complexity index is 665. The van der Waals surface area contributed by atoms with Crippen LogP contribution in [-0.2, 0) is 19.6 Å². The van der Waals surface area contributed by atoms with Gasteiger partial charge in [-0.3, -0.25) is 9.59 Å². The van der Waals surface area contributed by atoms with Gasteiger partial charge in [0.1, 0.15) is 11.9 Å². The Hall–Kier alpha value is -1.52. The molecule has 0 spiro atoms. The van der Waals surface area contributed by atoms with Crippen LogP contribution in [0.2, 0.25) is 0 Å². The van der Waals surface area contributed by atoms with E-state index in [4.69, 9.17) is 10.8 Å². The normalized spacial score (nSPS) is 12.9. The summed E-state index contributed by atoms with van der Waals surface area (Å²) >= 11 is 2.88. The van der Waals surface area contributed by atoms with Gasteiger partial charge >= 0.3 is 5.97 Å². The number of hydrogen-bond donors (Lipinski definition) is 3. The first-order valence-electron chi connectivity index (χ1n) is 5.62. The van der Waals surface area contributed by atoms with Gasteiger partial charge in [-0.2, -0.15) is 4.72 Å². The lowest BCUT2D eigenvalue weighted by Crippen LogP contribution is -2.41. The molecular weight excluding hydrogens is 371 g/mol. The van der Waals surface area contributed by atoms with E-state index in [2.05, 4.69) is 15.9 Å². The zero-order valence-electron chi connectivity index (χ0n) is 10.5. The van der Waals surface area contributed by atoms with Crippen molar-refractivity contribution in [3.05, 3.63) is 28.5 Å². The van der Waals surface area contributed by atoms with E-state index >= 15 is 0 Å². The lowest BCUT2D eigenvalue weighted by atomic mass is 10.2. The van der Waals surface area contributed by atoms with Crippen LogP contribution in [0.4, 0.5) is 4.39 Å². The van der Waals surface area contributed by atoms with Crippen molar-refractivity contribution in [3.8, 4) is 0 Å². The average Bonchev–Trinajstić information content (AvgIpc) is 2.37. The molecule has 0 saturated heterocycles. The van der Waals surface area contributed by atoms with E-state index in [1.807, 2.05) is 4.72 Å². The number of carboxylic acid groups (broad SMARTS) is 1. The van der Waals surface area contributed by atoms with Crippen LogP contribution in [0.15, 0.2) is 27.6 Å². The Morgan fingerprint density at radius 1 is 1.43 bits per heavy atom. The summed E-state index contributed by atoms with van der Waals surface area (Å²) in [5, 5.41) is 8.93. The fourth-order valence-electron chi connectivity index (χ4n) is 1.42. The van der Waals surface area contributed by atoms with Crippen LogP contribution in [0.25, 0.3) is 0 Å². The molecule has 0 aliphatic carbocycles. The maximum absolute atomic E-state index is 13.3. The number of nitrogens with one attached hydrogen (secondary N) is 1. The van der Waals surface area contributed by atoms with Gasteiger partial charge in [0.15, 0.2) is 0 Å². The predicted molar refractivity (Wildman–Crippen MR) is 74.3 cm³/mol. The number of hydrogen-bond acceptors (Lipinski definition) is 4. The van der Waals surface area contributed by atoms with Crippen molar-refractivity contribution < 1.29 is 27.5 Å². The van der Waals surface area contributed by atoms with Crippen molar-refractivity contribution in [3.63, 3.8) is 0 Å². The minimum absolute atomic E-state index is 0.0740. The molecule has 0 radical (unpaired) electrons. The molecule has 0 aliphatic heterocycles. The molecule has 116 valence electrons. The number of aliphatic carboxylic acids is 1. The highest BCUT2D eigenvalue weighted by Crippen LogP contribution is 2.19. The number of sulfonamides is 1. The molecule has 4 N–H and O–H groups in total. The van der Waals surface area contributed by atoms with Crippen LogP contribution in [0.3, 0.4) is 0 Å². The number of primary amides is 1. The fourth-order valence-corrected chi connectivity index (χ4v) is 2.90. The molecule has 0 aliphatic rings.